The van der Waals surface area contributed by atoms with Crippen LogP contribution >= 0.6 is 8.25 Å². The topological polar surface area (TPSA) is 46.6 Å². The summed E-state index contributed by atoms with van der Waals surface area (Å²) in [5.74, 6) is 0.0457. The Morgan fingerprint density at radius 2 is 1.68 bits per heavy atom. The van der Waals surface area contributed by atoms with Gasteiger partial charge in [0.15, 0.2) is 0 Å². The molecule has 0 spiro atoms. The molecule has 0 fully saturated rings. The van der Waals surface area contributed by atoms with Gasteiger partial charge in [-0.2, -0.15) is 0 Å². The second kappa shape index (κ2) is 13.0. The number of benzene rings is 1. The molecule has 2 rings (SSSR count). The third-order valence-electron chi connectivity index (χ3n) is 5.56. The van der Waals surface area contributed by atoms with E-state index < -0.39 is 41.1 Å². The van der Waals surface area contributed by atoms with Crippen LogP contribution in [-0.2, 0) is 39.3 Å². The molecule has 1 aromatic carbocycles. The normalized spacial score (nSPS) is 16.6. The van der Waals surface area contributed by atoms with Crippen LogP contribution in [0, 0.1) is 0 Å². The zero-order valence-electron chi connectivity index (χ0n) is 19.6. The van der Waals surface area contributed by atoms with Gasteiger partial charge in [-0.25, -0.2) is 0 Å². The first kappa shape index (κ1) is 26.4. The van der Waals surface area contributed by atoms with E-state index in [0.29, 0.717) is 6.42 Å². The summed E-state index contributed by atoms with van der Waals surface area (Å²) in [6.07, 6.45) is 9.15. The zero-order chi connectivity index (χ0) is 22.9. The Hall–Kier alpha value is -0.875. The van der Waals surface area contributed by atoms with E-state index in [0.717, 1.165) is 33.6 Å². The number of allylic oxidation sites excluding steroid dienone is 1. The summed E-state index contributed by atoms with van der Waals surface area (Å²) in [6, 6.07) is 9.34. The summed E-state index contributed by atoms with van der Waals surface area (Å²) in [5.41, 5.74) is 1.28. The van der Waals surface area contributed by atoms with Crippen molar-refractivity contribution in [2.75, 3.05) is 0 Å². The first-order valence-corrected chi connectivity index (χ1v) is 21.2. The molecule has 0 saturated heterocycles. The van der Waals surface area contributed by atoms with E-state index in [2.05, 4.69) is 6.92 Å². The molecular formula is C25H36ClHgNO3. The Labute approximate surface area is 203 Å². The van der Waals surface area contributed by atoms with Crippen molar-refractivity contribution in [2.45, 2.75) is 97.1 Å². The Morgan fingerprint density at radius 1 is 1.06 bits per heavy atom. The monoisotopic (exact) mass is 635 g/mol. The molecule has 0 aromatic heterocycles. The van der Waals surface area contributed by atoms with Gasteiger partial charge in [-0.1, -0.05) is 0 Å². The third-order valence-corrected chi connectivity index (χ3v) is 11.9. The molecule has 6 heteroatoms. The van der Waals surface area contributed by atoms with Gasteiger partial charge in [0.05, 0.1) is 0 Å². The van der Waals surface area contributed by atoms with Gasteiger partial charge in [0.2, 0.25) is 0 Å². The molecule has 168 valence electrons. The molecular weight excluding hydrogens is 598 g/mol. The number of amides is 1. The molecule has 31 heavy (non-hydrogen) atoms. The number of halogens is 1. The number of nitrogens with zero attached hydrogens (tertiary/aromatic N) is 1. The third kappa shape index (κ3) is 8.20. The van der Waals surface area contributed by atoms with Gasteiger partial charge in [-0.3, -0.25) is 0 Å². The molecule has 0 saturated carbocycles. The van der Waals surface area contributed by atoms with Crippen molar-refractivity contribution in [3.63, 3.8) is 0 Å². The number of rotatable bonds is 11. The molecule has 1 amide bonds. The van der Waals surface area contributed by atoms with Crippen molar-refractivity contribution in [2.24, 2.45) is 0 Å². The maximum atomic E-state index is 13.3. The van der Waals surface area contributed by atoms with E-state index in [1.807, 2.05) is 51.1 Å². The Kier molecular flexibility index (Phi) is 11.0. The number of carbonyl (C=O) groups is 2. The van der Waals surface area contributed by atoms with E-state index >= 15 is 0 Å². The predicted octanol–water partition coefficient (Wildman–Crippen LogP) is 7.01. The van der Waals surface area contributed by atoms with E-state index in [1.54, 1.807) is 4.90 Å². The van der Waals surface area contributed by atoms with Gasteiger partial charge in [-0.05, 0) is 0 Å². The maximum absolute atomic E-state index is 13.3. The summed E-state index contributed by atoms with van der Waals surface area (Å²) in [4.78, 5) is 28.1. The minimum absolute atomic E-state index is 0.0457. The predicted molar refractivity (Wildman–Crippen MR) is 123 cm³/mol. The second-order valence-electron chi connectivity index (χ2n) is 9.35. The summed E-state index contributed by atoms with van der Waals surface area (Å²) in [5, 5.41) is 0. The fourth-order valence-corrected chi connectivity index (χ4v) is 9.91. The average Bonchev–Trinajstić information content (AvgIpc) is 2.97. The number of ketones is 1. The molecule has 1 aliphatic heterocycles. The van der Waals surface area contributed by atoms with Crippen molar-refractivity contribution >= 4 is 20.1 Å². The molecule has 0 bridgehead atoms. The van der Waals surface area contributed by atoms with Crippen molar-refractivity contribution < 1.29 is 37.7 Å². The molecule has 0 aliphatic carbocycles. The number of carbonyl (C=O) groups excluding carboxylic acids is 2. The molecule has 4 nitrogen and oxygen atoms in total. The van der Waals surface area contributed by atoms with E-state index in [4.69, 9.17) is 13.0 Å². The molecule has 0 radical (unpaired) electrons. The van der Waals surface area contributed by atoms with Crippen LogP contribution in [0.5, 0.6) is 0 Å². The Bertz CT molecular complexity index is 758. The van der Waals surface area contributed by atoms with Crippen molar-refractivity contribution in [1.29, 1.82) is 0 Å². The first-order valence-electron chi connectivity index (χ1n) is 11.7. The summed E-state index contributed by atoms with van der Waals surface area (Å²) < 4.78 is 6.51. The average molecular weight is 635 g/mol. The first-order chi connectivity index (χ1) is 14.8. The van der Waals surface area contributed by atoms with Crippen molar-refractivity contribution in [3.05, 3.63) is 44.7 Å². The van der Waals surface area contributed by atoms with Gasteiger partial charge in [0.1, 0.15) is 0 Å². The van der Waals surface area contributed by atoms with E-state index in [-0.39, 0.29) is 5.78 Å². The van der Waals surface area contributed by atoms with E-state index in [1.165, 1.54) is 32.1 Å². The number of hydrogen-bond acceptors (Lipinski definition) is 3. The van der Waals surface area contributed by atoms with Crippen LogP contribution in [0.2, 0.25) is 0 Å². The Balaban J connectivity index is 2.17. The van der Waals surface area contributed by atoms with Gasteiger partial charge in [-0.15, -0.1) is 0 Å². The fraction of sp³-hybridized carbons (Fsp3) is 0.600. The molecule has 0 unspecified atom stereocenters. The van der Waals surface area contributed by atoms with Crippen LogP contribution in [0.25, 0.3) is 0 Å². The molecule has 1 atom stereocenters. The SMILES string of the molecule is CCCCCCCCCC1=[C]([Hg][Cl])C(=O)[C@H](Cc2ccccc2)N1C(=O)OC(C)(C)C. The molecule has 0 N–H and O–H groups in total. The van der Waals surface area contributed by atoms with Crippen LogP contribution in [-0.4, -0.2) is 28.4 Å². The number of ether oxygens (including phenoxy) is 1. The van der Waals surface area contributed by atoms with Crippen molar-refractivity contribution in [1.82, 2.24) is 4.90 Å². The van der Waals surface area contributed by atoms with Crippen LogP contribution in [0.15, 0.2) is 39.1 Å². The molecule has 1 heterocycles. The minimum atomic E-state index is -2.04. The van der Waals surface area contributed by atoms with Gasteiger partial charge in [0.25, 0.3) is 0 Å². The van der Waals surface area contributed by atoms with E-state index in [9.17, 15) is 9.59 Å². The van der Waals surface area contributed by atoms with Crippen LogP contribution < -0.4 is 0 Å². The van der Waals surface area contributed by atoms with Gasteiger partial charge < -0.3 is 0 Å². The standard InChI is InChI=1S/C25H36NO3.ClH.Hg/c1-5-6-7-8-9-10-14-17-21-19-23(27)22(18-20-15-12-11-13-16-20)26(21)24(28)29-25(2,3)4;;/h11-13,15-16,22H,5-10,14,17-18H2,1-4H3;1H;/q;;+1/p-1/t22-;;/m0../s1. The molecule has 1 aromatic rings. The molecule has 1 aliphatic rings. The van der Waals surface area contributed by atoms with Gasteiger partial charge in [0, 0.05) is 0 Å². The van der Waals surface area contributed by atoms with Crippen LogP contribution in [0.4, 0.5) is 4.79 Å². The quantitative estimate of drug-likeness (QED) is 0.195. The number of Topliss-reactive ketones (excluding diaryl/α,β-unsaturated/α-hetero) is 1. The van der Waals surface area contributed by atoms with Gasteiger partial charge >= 0.3 is 204 Å². The zero-order valence-corrected chi connectivity index (χ0v) is 25.8. The fourth-order valence-electron chi connectivity index (χ4n) is 4.03. The summed E-state index contributed by atoms with van der Waals surface area (Å²) >= 11 is -2.04. The van der Waals surface area contributed by atoms with Crippen molar-refractivity contribution in [3.8, 4) is 0 Å². The number of unbranched alkanes of at least 4 members (excludes halogenated alkanes) is 6. The van der Waals surface area contributed by atoms with Crippen LogP contribution in [0.3, 0.4) is 0 Å². The number of hydrogen-bond donors (Lipinski definition) is 0. The second-order valence-corrected chi connectivity index (χ2v) is 15.5. The summed E-state index contributed by atoms with van der Waals surface area (Å²) in [7, 11) is 6.43. The summed E-state index contributed by atoms with van der Waals surface area (Å²) in [6.45, 7) is 7.80. The van der Waals surface area contributed by atoms with Crippen LogP contribution in [0.1, 0.15) is 84.6 Å². The Morgan fingerprint density at radius 3 is 2.26 bits per heavy atom.